The van der Waals surface area contributed by atoms with Crippen LogP contribution in [0.5, 0.6) is 17.4 Å². The van der Waals surface area contributed by atoms with Crippen LogP contribution in [0.15, 0.2) is 24.4 Å². The van der Waals surface area contributed by atoms with Crippen LogP contribution in [0.25, 0.3) is 31.8 Å². The summed E-state index contributed by atoms with van der Waals surface area (Å²) >= 11 is 6.46. The van der Waals surface area contributed by atoms with E-state index in [1.165, 1.54) is 30.7 Å². The number of hydrogen-bond donors (Lipinski definition) is 0. The fraction of sp³-hybridized carbons (Fsp3) is 0.238. The molecular formula is C21H15ClFN3O5S. The van der Waals surface area contributed by atoms with E-state index in [2.05, 4.69) is 15.0 Å². The summed E-state index contributed by atoms with van der Waals surface area (Å²) in [6, 6.07) is 5.04. The predicted molar refractivity (Wildman–Crippen MR) is 117 cm³/mol. The third kappa shape index (κ3) is 3.65. The van der Waals surface area contributed by atoms with E-state index in [0.29, 0.717) is 32.4 Å². The molecule has 0 saturated carbocycles. The highest BCUT2D eigenvalue weighted by Crippen LogP contribution is 2.45. The zero-order valence-electron chi connectivity index (χ0n) is 16.8. The number of carbonyl (C=O) groups excluding carboxylic acids is 1. The number of hydrogen-bond acceptors (Lipinski definition) is 9. The summed E-state index contributed by atoms with van der Waals surface area (Å²) in [4.78, 5) is 24.3. The van der Waals surface area contributed by atoms with Gasteiger partial charge in [-0.15, -0.1) is 11.3 Å². The molecule has 1 aliphatic rings. The minimum Gasteiger partial charge on any atom is -0.484 e. The van der Waals surface area contributed by atoms with Crippen LogP contribution < -0.4 is 14.2 Å². The maximum Gasteiger partial charge on any atom is 0.403 e. The van der Waals surface area contributed by atoms with Crippen LogP contribution in [0.2, 0.25) is 0 Å². The van der Waals surface area contributed by atoms with Crippen molar-refractivity contribution in [3.63, 3.8) is 0 Å². The van der Waals surface area contributed by atoms with E-state index in [1.54, 1.807) is 0 Å². The quantitative estimate of drug-likeness (QED) is 0.386. The number of aryl methyl sites for hydroxylation is 1. The Hall–Kier alpha value is -3.24. The average Bonchev–Trinajstić information content (AvgIpc) is 3.22. The number of benzene rings is 2. The van der Waals surface area contributed by atoms with Gasteiger partial charge < -0.3 is 18.9 Å². The van der Waals surface area contributed by atoms with Gasteiger partial charge in [-0.3, -0.25) is 0 Å². The molecule has 32 heavy (non-hydrogen) atoms. The minimum absolute atomic E-state index is 0.104. The molecule has 0 radical (unpaired) electrons. The highest BCUT2D eigenvalue weighted by molar-refractivity contribution is 7.22. The van der Waals surface area contributed by atoms with E-state index in [4.69, 9.17) is 30.5 Å². The molecule has 11 heteroatoms. The summed E-state index contributed by atoms with van der Waals surface area (Å²) in [5, 5.41) is 0.572. The Balaban J connectivity index is 1.59. The van der Waals surface area contributed by atoms with E-state index in [-0.39, 0.29) is 24.5 Å². The average molecular weight is 476 g/mol. The lowest BCUT2D eigenvalue weighted by atomic mass is 10.1. The van der Waals surface area contributed by atoms with Crippen LogP contribution in [0.3, 0.4) is 0 Å². The number of ether oxygens (including phenoxy) is 4. The summed E-state index contributed by atoms with van der Waals surface area (Å²) in [7, 11) is 1.53. The molecule has 0 amide bonds. The molecule has 8 nitrogen and oxygen atoms in total. The molecule has 164 valence electrons. The number of nitrogens with zero attached hydrogens (tertiary/aromatic N) is 3. The molecule has 5 rings (SSSR count). The Bertz CT molecular complexity index is 1380. The maximum absolute atomic E-state index is 14.9. The molecule has 0 aliphatic carbocycles. The van der Waals surface area contributed by atoms with Crippen molar-refractivity contribution in [1.29, 1.82) is 0 Å². The second kappa shape index (κ2) is 8.03. The van der Waals surface area contributed by atoms with Crippen LogP contribution in [0, 0.1) is 12.7 Å². The van der Waals surface area contributed by atoms with Crippen LogP contribution in [-0.2, 0) is 4.74 Å². The van der Waals surface area contributed by atoms with Crippen molar-refractivity contribution in [2.24, 2.45) is 0 Å². The normalized spacial score (nSPS) is 15.2. The number of thiazole rings is 1. The maximum atomic E-state index is 14.9. The SMILES string of the molecule is COc1cnc2c(-c3nc4c(F)cc5c(c4s3)OC[C@H](COC(=O)Cl)O5)cc(C)cc2n1. The molecule has 2 aromatic heterocycles. The van der Waals surface area contributed by atoms with E-state index >= 15 is 0 Å². The van der Waals surface area contributed by atoms with Gasteiger partial charge in [0.25, 0.3) is 0 Å². The Morgan fingerprint density at radius 2 is 2.16 bits per heavy atom. The lowest BCUT2D eigenvalue weighted by Crippen LogP contribution is -2.33. The Labute approximate surface area is 189 Å². The van der Waals surface area contributed by atoms with E-state index in [0.717, 1.165) is 11.1 Å². The van der Waals surface area contributed by atoms with Crippen molar-refractivity contribution in [3.05, 3.63) is 35.8 Å². The smallest absolute Gasteiger partial charge is 0.403 e. The third-order valence-corrected chi connectivity index (χ3v) is 6.04. The molecule has 2 aromatic carbocycles. The van der Waals surface area contributed by atoms with E-state index in [1.807, 2.05) is 19.1 Å². The number of carbonyl (C=O) groups is 1. The predicted octanol–water partition coefficient (Wildman–Crippen LogP) is 4.88. The van der Waals surface area contributed by atoms with Crippen molar-refractivity contribution in [1.82, 2.24) is 15.0 Å². The fourth-order valence-corrected chi connectivity index (χ4v) is 4.63. The molecule has 1 atom stereocenters. The molecule has 0 unspecified atom stereocenters. The Morgan fingerprint density at radius 1 is 1.31 bits per heavy atom. The second-order valence-electron chi connectivity index (χ2n) is 7.07. The number of aromatic nitrogens is 3. The Kier molecular flexibility index (Phi) is 5.18. The zero-order valence-corrected chi connectivity index (χ0v) is 18.4. The first kappa shape index (κ1) is 20.7. The van der Waals surface area contributed by atoms with Gasteiger partial charge in [0.15, 0.2) is 23.4 Å². The van der Waals surface area contributed by atoms with Crippen LogP contribution in [0.1, 0.15) is 5.56 Å². The van der Waals surface area contributed by atoms with Gasteiger partial charge in [-0.25, -0.2) is 24.1 Å². The molecule has 1 aliphatic heterocycles. The lowest BCUT2D eigenvalue weighted by molar-refractivity contribution is 0.0410. The largest absolute Gasteiger partial charge is 0.484 e. The molecule has 0 fully saturated rings. The van der Waals surface area contributed by atoms with Crippen molar-refractivity contribution in [3.8, 4) is 28.0 Å². The molecule has 0 N–H and O–H groups in total. The van der Waals surface area contributed by atoms with Gasteiger partial charge in [-0.2, -0.15) is 0 Å². The first-order valence-corrected chi connectivity index (χ1v) is 10.7. The van der Waals surface area contributed by atoms with Crippen LogP contribution >= 0.6 is 22.9 Å². The summed E-state index contributed by atoms with van der Waals surface area (Å²) < 4.78 is 36.9. The van der Waals surface area contributed by atoms with Gasteiger partial charge in [-0.1, -0.05) is 0 Å². The van der Waals surface area contributed by atoms with Gasteiger partial charge in [0, 0.05) is 23.2 Å². The minimum atomic E-state index is -0.945. The number of halogens is 2. The molecule has 3 heterocycles. The second-order valence-corrected chi connectivity index (χ2v) is 8.38. The topological polar surface area (TPSA) is 92.7 Å². The van der Waals surface area contributed by atoms with Gasteiger partial charge >= 0.3 is 5.43 Å². The van der Waals surface area contributed by atoms with E-state index < -0.39 is 17.3 Å². The molecule has 0 saturated heterocycles. The summed E-state index contributed by atoms with van der Waals surface area (Å²) in [6.45, 7) is 1.95. The summed E-state index contributed by atoms with van der Waals surface area (Å²) in [5.74, 6) is 0.456. The van der Waals surface area contributed by atoms with Crippen LogP contribution in [0.4, 0.5) is 9.18 Å². The third-order valence-electron chi connectivity index (χ3n) is 4.84. The number of methoxy groups -OCH3 is 1. The molecule has 0 bridgehead atoms. The highest BCUT2D eigenvalue weighted by atomic mass is 35.5. The van der Waals surface area contributed by atoms with Crippen molar-refractivity contribution < 1.29 is 28.1 Å². The Morgan fingerprint density at radius 3 is 2.94 bits per heavy atom. The first-order valence-electron chi connectivity index (χ1n) is 9.49. The van der Waals surface area contributed by atoms with Gasteiger partial charge in [-0.05, 0) is 24.6 Å². The first-order chi connectivity index (χ1) is 15.4. The zero-order chi connectivity index (χ0) is 22.4. The lowest BCUT2D eigenvalue weighted by Gasteiger charge is -2.26. The fourth-order valence-electron chi connectivity index (χ4n) is 3.48. The van der Waals surface area contributed by atoms with Crippen molar-refractivity contribution in [2.75, 3.05) is 20.3 Å². The van der Waals surface area contributed by atoms with Gasteiger partial charge in [0.1, 0.15) is 28.4 Å². The summed E-state index contributed by atoms with van der Waals surface area (Å²) in [6.07, 6.45) is 0.933. The van der Waals surface area contributed by atoms with E-state index in [9.17, 15) is 9.18 Å². The summed E-state index contributed by atoms with van der Waals surface area (Å²) in [5.41, 5.74) is 2.19. The monoisotopic (exact) mass is 475 g/mol. The standard InChI is InChI=1S/C21H15ClFN3O5S/c1-9-3-11(16-13(4-9)25-15(28-2)6-24-16)20-26-17-12(23)5-14-18(19(17)32-20)29-7-10(31-14)8-30-21(22)27/h3-6,10H,7-8H2,1-2H3/t10-/m1/s1. The molecule has 4 aromatic rings. The highest BCUT2D eigenvalue weighted by Gasteiger charge is 2.28. The van der Waals surface area contributed by atoms with Crippen LogP contribution in [-0.4, -0.2) is 46.8 Å². The van der Waals surface area contributed by atoms with Gasteiger partial charge in [0.05, 0.1) is 24.3 Å². The molecule has 0 spiro atoms. The molecular weight excluding hydrogens is 461 g/mol. The van der Waals surface area contributed by atoms with Crippen molar-refractivity contribution in [2.45, 2.75) is 13.0 Å². The van der Waals surface area contributed by atoms with Crippen molar-refractivity contribution >= 4 is 49.6 Å². The number of rotatable bonds is 4. The van der Waals surface area contributed by atoms with Gasteiger partial charge in [0.2, 0.25) is 5.88 Å². The number of fused-ring (bicyclic) bond motifs is 4.